The molecule has 0 N–H and O–H groups in total. The average Bonchev–Trinajstić information content (AvgIpc) is 3.20. The third kappa shape index (κ3) is 4.52. The van der Waals surface area contributed by atoms with Crippen LogP contribution < -0.4 is 9.47 Å². The molecule has 1 amide bonds. The maximum Gasteiger partial charge on any atom is 0.416 e. The summed E-state index contributed by atoms with van der Waals surface area (Å²) in [5.74, 6) is -1.22. The lowest BCUT2D eigenvalue weighted by Gasteiger charge is -2.17. The molecule has 0 saturated carbocycles. The normalized spacial score (nSPS) is 14.2. The Morgan fingerprint density at radius 1 is 1.18 bits per heavy atom. The zero-order chi connectivity index (χ0) is 20.3. The Bertz CT molecular complexity index is 865. The molecular formula is C19H18F4N2O3. The standard InChI is InChI=1S/C19H18F4N2O3/c1-27-17-9-15(16(20)10-24-17)12-6-13(19(21,22)23)8-14(7-12)28-11-18(26)25-4-2-3-5-25/h6-10H,2-5,11H2,1H3. The fraction of sp³-hybridized carbons (Fsp3) is 0.368. The molecular weight excluding hydrogens is 380 g/mol. The first kappa shape index (κ1) is 19.9. The number of likely N-dealkylation sites (tertiary alicyclic amines) is 1. The highest BCUT2D eigenvalue weighted by Gasteiger charge is 2.32. The van der Waals surface area contributed by atoms with E-state index < -0.39 is 17.6 Å². The number of pyridine rings is 1. The number of benzene rings is 1. The lowest BCUT2D eigenvalue weighted by molar-refractivity contribution is -0.137. The second kappa shape index (κ2) is 8.04. The number of aromatic nitrogens is 1. The lowest BCUT2D eigenvalue weighted by Crippen LogP contribution is -2.32. The summed E-state index contributed by atoms with van der Waals surface area (Å²) in [7, 11) is 1.31. The molecule has 3 rings (SSSR count). The smallest absolute Gasteiger partial charge is 0.416 e. The van der Waals surface area contributed by atoms with Gasteiger partial charge in [0.1, 0.15) is 11.6 Å². The fourth-order valence-electron chi connectivity index (χ4n) is 2.96. The van der Waals surface area contributed by atoms with Crippen LogP contribution in [0.15, 0.2) is 30.5 Å². The van der Waals surface area contributed by atoms with E-state index in [9.17, 15) is 22.4 Å². The van der Waals surface area contributed by atoms with E-state index in [0.29, 0.717) is 13.1 Å². The molecule has 1 aliphatic heterocycles. The van der Waals surface area contributed by atoms with E-state index in [-0.39, 0.29) is 35.3 Å². The molecule has 2 aromatic rings. The molecule has 0 unspecified atom stereocenters. The van der Waals surface area contributed by atoms with Crippen molar-refractivity contribution in [2.75, 3.05) is 26.8 Å². The molecule has 1 aliphatic rings. The Morgan fingerprint density at radius 2 is 1.89 bits per heavy atom. The monoisotopic (exact) mass is 398 g/mol. The van der Waals surface area contributed by atoms with Gasteiger partial charge in [-0.05, 0) is 36.6 Å². The summed E-state index contributed by atoms with van der Waals surface area (Å²) in [5, 5.41) is 0. The van der Waals surface area contributed by atoms with Crippen LogP contribution in [-0.2, 0) is 11.0 Å². The van der Waals surface area contributed by atoms with Gasteiger partial charge >= 0.3 is 6.18 Å². The topological polar surface area (TPSA) is 51.7 Å². The maximum atomic E-state index is 14.2. The van der Waals surface area contributed by atoms with Crippen molar-refractivity contribution in [3.63, 3.8) is 0 Å². The predicted octanol–water partition coefficient (Wildman–Crippen LogP) is 3.92. The zero-order valence-electron chi connectivity index (χ0n) is 15.1. The van der Waals surface area contributed by atoms with E-state index in [2.05, 4.69) is 4.98 Å². The van der Waals surface area contributed by atoms with Gasteiger partial charge in [0.05, 0.1) is 18.9 Å². The van der Waals surface area contributed by atoms with Gasteiger partial charge in [0.25, 0.3) is 5.91 Å². The number of hydrogen-bond acceptors (Lipinski definition) is 4. The van der Waals surface area contributed by atoms with Crippen LogP contribution in [-0.4, -0.2) is 42.6 Å². The highest BCUT2D eigenvalue weighted by atomic mass is 19.4. The Hall–Kier alpha value is -2.84. The number of nitrogens with zero attached hydrogens (tertiary/aromatic N) is 2. The van der Waals surface area contributed by atoms with Gasteiger partial charge in [-0.3, -0.25) is 4.79 Å². The largest absolute Gasteiger partial charge is 0.484 e. The maximum absolute atomic E-state index is 14.2. The molecule has 0 atom stereocenters. The molecule has 1 fully saturated rings. The number of carbonyl (C=O) groups excluding carboxylic acids is 1. The zero-order valence-corrected chi connectivity index (χ0v) is 15.1. The summed E-state index contributed by atoms with van der Waals surface area (Å²) >= 11 is 0. The minimum Gasteiger partial charge on any atom is -0.484 e. The number of halogens is 4. The van der Waals surface area contributed by atoms with Crippen LogP contribution in [0.1, 0.15) is 18.4 Å². The van der Waals surface area contributed by atoms with E-state index in [1.165, 1.54) is 19.2 Å². The quantitative estimate of drug-likeness (QED) is 0.717. The first-order valence-corrected chi connectivity index (χ1v) is 8.60. The molecule has 5 nitrogen and oxygen atoms in total. The van der Waals surface area contributed by atoms with Gasteiger partial charge in [-0.25, -0.2) is 9.37 Å². The van der Waals surface area contributed by atoms with Gasteiger partial charge < -0.3 is 14.4 Å². The van der Waals surface area contributed by atoms with Gasteiger partial charge in [-0.2, -0.15) is 13.2 Å². The fourth-order valence-corrected chi connectivity index (χ4v) is 2.96. The van der Waals surface area contributed by atoms with Crippen LogP contribution in [0.5, 0.6) is 11.6 Å². The number of methoxy groups -OCH3 is 1. The van der Waals surface area contributed by atoms with Gasteiger partial charge in [0.2, 0.25) is 5.88 Å². The van der Waals surface area contributed by atoms with Gasteiger partial charge in [-0.1, -0.05) is 0 Å². The van der Waals surface area contributed by atoms with Crippen LogP contribution in [0, 0.1) is 5.82 Å². The SMILES string of the molecule is COc1cc(-c2cc(OCC(=O)N3CCCC3)cc(C(F)(F)F)c2)c(F)cn1. The second-order valence-corrected chi connectivity index (χ2v) is 6.33. The van der Waals surface area contributed by atoms with Crippen molar-refractivity contribution in [2.45, 2.75) is 19.0 Å². The number of carbonyl (C=O) groups is 1. The molecule has 1 aromatic carbocycles. The molecule has 150 valence electrons. The minimum absolute atomic E-state index is 0.0560. The molecule has 1 saturated heterocycles. The number of rotatable bonds is 5. The summed E-state index contributed by atoms with van der Waals surface area (Å²) in [4.78, 5) is 17.4. The molecule has 0 bridgehead atoms. The van der Waals surface area contributed by atoms with Crippen LogP contribution in [0.2, 0.25) is 0 Å². The number of hydrogen-bond donors (Lipinski definition) is 0. The Labute approximate surface area is 158 Å². The van der Waals surface area contributed by atoms with Crippen LogP contribution in [0.25, 0.3) is 11.1 Å². The minimum atomic E-state index is -4.67. The van der Waals surface area contributed by atoms with Crippen molar-refractivity contribution in [1.29, 1.82) is 0 Å². The van der Waals surface area contributed by atoms with Crippen molar-refractivity contribution in [3.8, 4) is 22.8 Å². The van der Waals surface area contributed by atoms with Crippen molar-refractivity contribution >= 4 is 5.91 Å². The Morgan fingerprint density at radius 3 is 2.54 bits per heavy atom. The van der Waals surface area contributed by atoms with E-state index in [0.717, 1.165) is 31.2 Å². The Balaban J connectivity index is 1.92. The molecule has 2 heterocycles. The number of amides is 1. The van der Waals surface area contributed by atoms with Crippen molar-refractivity contribution in [2.24, 2.45) is 0 Å². The molecule has 9 heteroatoms. The van der Waals surface area contributed by atoms with E-state index >= 15 is 0 Å². The summed E-state index contributed by atoms with van der Waals surface area (Å²) in [5.41, 5.74) is -1.19. The third-order valence-corrected chi connectivity index (χ3v) is 4.41. The summed E-state index contributed by atoms with van der Waals surface area (Å²) in [6.45, 7) is 0.832. The van der Waals surface area contributed by atoms with Crippen LogP contribution in [0.3, 0.4) is 0 Å². The van der Waals surface area contributed by atoms with E-state index in [1.807, 2.05) is 0 Å². The molecule has 0 spiro atoms. The molecule has 28 heavy (non-hydrogen) atoms. The number of ether oxygens (including phenoxy) is 2. The van der Waals surface area contributed by atoms with E-state index in [4.69, 9.17) is 9.47 Å². The second-order valence-electron chi connectivity index (χ2n) is 6.33. The summed E-state index contributed by atoms with van der Waals surface area (Å²) < 4.78 is 64.3. The van der Waals surface area contributed by atoms with Gasteiger partial charge in [0.15, 0.2) is 6.61 Å². The third-order valence-electron chi connectivity index (χ3n) is 4.41. The van der Waals surface area contributed by atoms with Gasteiger partial charge in [0, 0.05) is 24.7 Å². The van der Waals surface area contributed by atoms with Crippen LogP contribution in [0.4, 0.5) is 17.6 Å². The first-order valence-electron chi connectivity index (χ1n) is 8.60. The van der Waals surface area contributed by atoms with Crippen molar-refractivity contribution in [3.05, 3.63) is 41.8 Å². The molecule has 1 aromatic heterocycles. The first-order chi connectivity index (χ1) is 13.3. The summed E-state index contributed by atoms with van der Waals surface area (Å²) in [6.07, 6.45) is -2.02. The van der Waals surface area contributed by atoms with E-state index in [1.54, 1.807) is 4.90 Å². The lowest BCUT2D eigenvalue weighted by atomic mass is 10.0. The predicted molar refractivity (Wildman–Crippen MR) is 92.5 cm³/mol. The van der Waals surface area contributed by atoms with Gasteiger partial charge in [-0.15, -0.1) is 0 Å². The average molecular weight is 398 g/mol. The number of alkyl halides is 3. The van der Waals surface area contributed by atoms with Crippen LogP contribution >= 0.6 is 0 Å². The highest BCUT2D eigenvalue weighted by molar-refractivity contribution is 5.78. The molecule has 0 radical (unpaired) electrons. The highest BCUT2D eigenvalue weighted by Crippen LogP contribution is 2.37. The molecule has 0 aliphatic carbocycles. The summed E-state index contributed by atoms with van der Waals surface area (Å²) in [6, 6.07) is 4.05. The Kier molecular flexibility index (Phi) is 5.71. The van der Waals surface area contributed by atoms with Crippen molar-refractivity contribution in [1.82, 2.24) is 9.88 Å². The van der Waals surface area contributed by atoms with Crippen molar-refractivity contribution < 1.29 is 31.8 Å².